The number of hydrogen-bond acceptors (Lipinski definition) is 6. The fourth-order valence-electron chi connectivity index (χ4n) is 1.48. The molecule has 0 fully saturated rings. The van der Waals surface area contributed by atoms with Crippen molar-refractivity contribution >= 4 is 83.0 Å². The number of hydrogen-bond donors (Lipinski definition) is 4. The van der Waals surface area contributed by atoms with Crippen LogP contribution < -0.4 is 0 Å². The molecule has 25 heavy (non-hydrogen) atoms. The van der Waals surface area contributed by atoms with Crippen molar-refractivity contribution in [2.75, 3.05) is 39.3 Å². The van der Waals surface area contributed by atoms with Crippen LogP contribution in [-0.4, -0.2) is 169 Å². The van der Waals surface area contributed by atoms with E-state index in [0.717, 1.165) is 9.80 Å². The number of carboxylic acid groups (broad SMARTS) is 4. The van der Waals surface area contributed by atoms with Gasteiger partial charge in [0.15, 0.2) is 0 Å². The van der Waals surface area contributed by atoms with Crippen LogP contribution in [0.2, 0.25) is 0 Å². The summed E-state index contributed by atoms with van der Waals surface area (Å²) in [6.45, 7) is -2.25. The number of aliphatic carboxylic acids is 4. The zero-order valence-corrected chi connectivity index (χ0v) is 12.1. The molecular weight excluding hydrogens is 370 g/mol. The van der Waals surface area contributed by atoms with Crippen LogP contribution in [0.1, 0.15) is 0 Å². The van der Waals surface area contributed by atoms with Gasteiger partial charge in [-0.3, -0.25) is 29.0 Å². The van der Waals surface area contributed by atoms with Crippen molar-refractivity contribution in [1.82, 2.24) is 9.80 Å². The van der Waals surface area contributed by atoms with Crippen molar-refractivity contribution in [3.63, 3.8) is 0 Å². The zero-order valence-electron chi connectivity index (χ0n) is 12.1. The second kappa shape index (κ2) is 21.7. The Kier molecular flexibility index (Phi) is 34.5. The third-order valence-electron chi connectivity index (χ3n) is 2.17. The van der Waals surface area contributed by atoms with Crippen molar-refractivity contribution in [1.29, 1.82) is 0 Å². The minimum absolute atomic E-state index is 0. The molecule has 0 heterocycles. The maximum atomic E-state index is 10.6. The molecule has 0 aromatic heterocycles. The maximum absolute atomic E-state index is 10.6. The Hall–Kier alpha value is -0.320. The predicted molar refractivity (Wildman–Crippen MR) is 88.6 cm³/mol. The fraction of sp³-hybridized carbons (Fsp3) is 0.600. The summed E-state index contributed by atoms with van der Waals surface area (Å²) in [5.41, 5.74) is 0. The summed E-state index contributed by atoms with van der Waals surface area (Å²) >= 11 is 0. The molecule has 0 amide bonds. The van der Waals surface area contributed by atoms with Crippen LogP contribution in [0.25, 0.3) is 0 Å². The van der Waals surface area contributed by atoms with Gasteiger partial charge in [-0.15, -0.1) is 0 Å². The van der Waals surface area contributed by atoms with Gasteiger partial charge in [0.25, 0.3) is 0 Å². The van der Waals surface area contributed by atoms with Gasteiger partial charge in [-0.25, -0.2) is 0 Å². The summed E-state index contributed by atoms with van der Waals surface area (Å²) in [6, 6.07) is 0. The van der Waals surface area contributed by atoms with Gasteiger partial charge in [0, 0.05) is 13.1 Å². The summed E-state index contributed by atoms with van der Waals surface area (Å²) in [4.78, 5) is 44.4. The molecule has 0 aromatic rings. The van der Waals surface area contributed by atoms with Crippen molar-refractivity contribution < 1.29 is 56.0 Å². The molecule has 0 unspecified atom stereocenters. The van der Waals surface area contributed by atoms with Gasteiger partial charge < -0.3 is 36.9 Å². The molecular formula is C10H24N2Na2O11. The third kappa shape index (κ3) is 26.0. The predicted octanol–water partition coefficient (Wildman–Crippen LogP) is -5.84. The first-order chi connectivity index (χ1) is 9.20. The molecule has 0 atom stereocenters. The molecule has 0 bridgehead atoms. The van der Waals surface area contributed by atoms with Gasteiger partial charge in [0.1, 0.15) is 0 Å². The number of carboxylic acids is 4. The van der Waals surface area contributed by atoms with E-state index < -0.39 is 50.1 Å². The van der Waals surface area contributed by atoms with E-state index in [1.165, 1.54) is 0 Å². The quantitative estimate of drug-likeness (QED) is 0.241. The van der Waals surface area contributed by atoms with E-state index in [0.29, 0.717) is 0 Å². The molecule has 0 saturated heterocycles. The van der Waals surface area contributed by atoms with E-state index in [4.69, 9.17) is 20.4 Å². The Morgan fingerprint density at radius 1 is 0.520 bits per heavy atom. The molecule has 0 spiro atoms. The molecule has 15 heteroatoms. The van der Waals surface area contributed by atoms with Crippen molar-refractivity contribution in [3.8, 4) is 0 Å². The van der Waals surface area contributed by atoms with E-state index in [2.05, 4.69) is 0 Å². The molecule has 0 saturated carbocycles. The SMILES string of the molecule is O.O.O.O=C(O)CN(CCN(CC(=O)O)CC(=O)O)CC(=O)O.[NaH].[NaH]. The van der Waals surface area contributed by atoms with E-state index in [-0.39, 0.29) is 88.6 Å². The summed E-state index contributed by atoms with van der Waals surface area (Å²) in [7, 11) is 0. The molecule has 0 aliphatic rings. The summed E-state index contributed by atoms with van der Waals surface area (Å²) < 4.78 is 0. The minimum atomic E-state index is -1.23. The first kappa shape index (κ1) is 39.7. The first-order valence-corrected chi connectivity index (χ1v) is 5.52. The zero-order chi connectivity index (χ0) is 15.7. The van der Waals surface area contributed by atoms with E-state index in [1.54, 1.807) is 0 Å². The van der Waals surface area contributed by atoms with Crippen LogP contribution in [0.5, 0.6) is 0 Å². The van der Waals surface area contributed by atoms with Crippen LogP contribution in [0.15, 0.2) is 0 Å². The molecule has 0 radical (unpaired) electrons. The van der Waals surface area contributed by atoms with Gasteiger partial charge in [0.2, 0.25) is 0 Å². The molecule has 10 N–H and O–H groups in total. The Bertz CT molecular complexity index is 329. The molecule has 0 aromatic carbocycles. The summed E-state index contributed by atoms with van der Waals surface area (Å²) in [5.74, 6) is -4.91. The molecule has 0 rings (SSSR count). The van der Waals surface area contributed by atoms with Gasteiger partial charge >= 0.3 is 83.0 Å². The molecule has 142 valence electrons. The Morgan fingerprint density at radius 3 is 0.800 bits per heavy atom. The van der Waals surface area contributed by atoms with Crippen LogP contribution in [0.4, 0.5) is 0 Å². The van der Waals surface area contributed by atoms with Gasteiger partial charge in [0.05, 0.1) is 26.2 Å². The van der Waals surface area contributed by atoms with E-state index in [1.807, 2.05) is 0 Å². The topological polar surface area (TPSA) is 250 Å². The summed E-state index contributed by atoms with van der Waals surface area (Å²) in [6.07, 6.45) is 0. The Balaban J connectivity index is -0.000000180. The van der Waals surface area contributed by atoms with Crippen LogP contribution in [-0.2, 0) is 19.2 Å². The van der Waals surface area contributed by atoms with Crippen molar-refractivity contribution in [2.45, 2.75) is 0 Å². The molecule has 13 nitrogen and oxygen atoms in total. The summed E-state index contributed by atoms with van der Waals surface area (Å²) in [5, 5.41) is 34.5. The van der Waals surface area contributed by atoms with Crippen molar-refractivity contribution in [3.05, 3.63) is 0 Å². The normalized spacial score (nSPS) is 8.56. The van der Waals surface area contributed by atoms with Gasteiger partial charge in [-0.1, -0.05) is 0 Å². The third-order valence-corrected chi connectivity index (χ3v) is 2.17. The Morgan fingerprint density at radius 2 is 0.680 bits per heavy atom. The second-order valence-electron chi connectivity index (χ2n) is 4.00. The average molecular weight is 394 g/mol. The number of nitrogens with zero attached hydrogens (tertiary/aromatic N) is 2. The van der Waals surface area contributed by atoms with Crippen molar-refractivity contribution in [2.24, 2.45) is 0 Å². The fourth-order valence-corrected chi connectivity index (χ4v) is 1.48. The molecule has 0 aliphatic carbocycles. The van der Waals surface area contributed by atoms with Crippen LogP contribution in [0, 0.1) is 0 Å². The van der Waals surface area contributed by atoms with Gasteiger partial charge in [-0.05, 0) is 0 Å². The molecule has 0 aliphatic heterocycles. The van der Waals surface area contributed by atoms with E-state index >= 15 is 0 Å². The average Bonchev–Trinajstić information content (AvgIpc) is 2.22. The standard InChI is InChI=1S/C10H16N2O8.2Na.3H2O.2H/c13-7(14)3-11(4-8(15)16)1-2-12(5-9(17)18)6-10(19)20;;;;;;;/h1-6H2,(H,13,14)(H,15,16)(H,17,18)(H,19,20);;;3*1H2;;. The Labute approximate surface area is 187 Å². The van der Waals surface area contributed by atoms with Crippen LogP contribution in [0.3, 0.4) is 0 Å². The first-order valence-electron chi connectivity index (χ1n) is 5.52. The van der Waals surface area contributed by atoms with E-state index in [9.17, 15) is 19.2 Å². The second-order valence-corrected chi connectivity index (χ2v) is 4.00. The monoisotopic (exact) mass is 394 g/mol. The number of carbonyl (C=O) groups is 4. The van der Waals surface area contributed by atoms with Gasteiger partial charge in [-0.2, -0.15) is 0 Å². The number of rotatable bonds is 11. The van der Waals surface area contributed by atoms with Crippen LogP contribution >= 0.6 is 0 Å².